The van der Waals surface area contributed by atoms with Gasteiger partial charge in [0.1, 0.15) is 17.0 Å². The van der Waals surface area contributed by atoms with Crippen LogP contribution in [0, 0.1) is 17.2 Å². The summed E-state index contributed by atoms with van der Waals surface area (Å²) in [6.45, 7) is 4.79. The number of esters is 1. The standard InChI is InChI=1S/C19H24N2O5/c1-13(2)19(3,12-20)21-17(22)11-26-18(23)9-6-14-10-15(24-4)7-8-16(14)25-5/h6-10,13H,11H2,1-5H3,(H,21,22)/b9-6+/t19-/m0/s1. The van der Waals surface area contributed by atoms with E-state index in [0.29, 0.717) is 17.1 Å². The number of carbonyl (C=O) groups excluding carboxylic acids is 2. The highest BCUT2D eigenvalue weighted by molar-refractivity contribution is 5.90. The normalized spacial score (nSPS) is 13.0. The number of rotatable bonds is 8. The second-order valence-corrected chi connectivity index (χ2v) is 6.07. The largest absolute Gasteiger partial charge is 0.497 e. The summed E-state index contributed by atoms with van der Waals surface area (Å²) in [7, 11) is 3.05. The Hall–Kier alpha value is -3.01. The van der Waals surface area contributed by atoms with Gasteiger partial charge in [-0.25, -0.2) is 4.79 Å². The first kappa shape index (κ1) is 21.0. The van der Waals surface area contributed by atoms with Crippen LogP contribution in [0.5, 0.6) is 11.5 Å². The van der Waals surface area contributed by atoms with Crippen molar-refractivity contribution in [2.24, 2.45) is 5.92 Å². The van der Waals surface area contributed by atoms with Gasteiger partial charge < -0.3 is 19.5 Å². The van der Waals surface area contributed by atoms with Crippen molar-refractivity contribution < 1.29 is 23.8 Å². The second-order valence-electron chi connectivity index (χ2n) is 6.07. The van der Waals surface area contributed by atoms with Crippen molar-refractivity contribution in [1.82, 2.24) is 5.32 Å². The summed E-state index contributed by atoms with van der Waals surface area (Å²) in [4.78, 5) is 23.7. The third-order valence-corrected chi connectivity index (χ3v) is 3.97. The first-order valence-corrected chi connectivity index (χ1v) is 8.05. The number of amides is 1. The van der Waals surface area contributed by atoms with Crippen LogP contribution in [0.3, 0.4) is 0 Å². The van der Waals surface area contributed by atoms with E-state index < -0.39 is 24.0 Å². The van der Waals surface area contributed by atoms with Crippen LogP contribution >= 0.6 is 0 Å². The van der Waals surface area contributed by atoms with Crippen molar-refractivity contribution in [2.75, 3.05) is 20.8 Å². The van der Waals surface area contributed by atoms with E-state index in [4.69, 9.17) is 14.2 Å². The average Bonchev–Trinajstić information content (AvgIpc) is 2.63. The van der Waals surface area contributed by atoms with Gasteiger partial charge in [0.2, 0.25) is 0 Å². The molecule has 0 bridgehead atoms. The minimum absolute atomic E-state index is 0.0902. The predicted molar refractivity (Wildman–Crippen MR) is 96.5 cm³/mol. The summed E-state index contributed by atoms with van der Waals surface area (Å²) >= 11 is 0. The molecule has 0 aliphatic rings. The lowest BCUT2D eigenvalue weighted by Crippen LogP contribution is -2.50. The number of hydrogen-bond donors (Lipinski definition) is 1. The molecule has 0 unspecified atom stereocenters. The van der Waals surface area contributed by atoms with Crippen LogP contribution in [-0.2, 0) is 14.3 Å². The zero-order valence-corrected chi connectivity index (χ0v) is 15.7. The van der Waals surface area contributed by atoms with Crippen molar-refractivity contribution in [3.63, 3.8) is 0 Å². The lowest BCUT2D eigenvalue weighted by atomic mass is 9.90. The quantitative estimate of drug-likeness (QED) is 0.564. The fourth-order valence-corrected chi connectivity index (χ4v) is 1.94. The van der Waals surface area contributed by atoms with Gasteiger partial charge in [-0.2, -0.15) is 5.26 Å². The maximum Gasteiger partial charge on any atom is 0.331 e. The van der Waals surface area contributed by atoms with E-state index in [9.17, 15) is 14.9 Å². The third kappa shape index (κ3) is 5.81. The molecule has 1 amide bonds. The summed E-state index contributed by atoms with van der Waals surface area (Å²) in [5.74, 6) is -0.138. The summed E-state index contributed by atoms with van der Waals surface area (Å²) in [5, 5.41) is 11.7. The molecule has 0 aromatic heterocycles. The molecule has 7 heteroatoms. The molecule has 0 radical (unpaired) electrons. The Morgan fingerprint density at radius 1 is 1.31 bits per heavy atom. The first-order valence-electron chi connectivity index (χ1n) is 8.05. The van der Waals surface area contributed by atoms with Gasteiger partial charge in [-0.3, -0.25) is 4.79 Å². The van der Waals surface area contributed by atoms with E-state index in [-0.39, 0.29) is 5.92 Å². The molecule has 0 fully saturated rings. The molecule has 140 valence electrons. The third-order valence-electron chi connectivity index (χ3n) is 3.97. The van der Waals surface area contributed by atoms with Gasteiger partial charge >= 0.3 is 5.97 Å². The van der Waals surface area contributed by atoms with Gasteiger partial charge in [0.15, 0.2) is 6.61 Å². The highest BCUT2D eigenvalue weighted by Crippen LogP contribution is 2.25. The van der Waals surface area contributed by atoms with Gasteiger partial charge in [0.05, 0.1) is 20.3 Å². The Bertz CT molecular complexity index is 721. The van der Waals surface area contributed by atoms with Gasteiger partial charge in [-0.1, -0.05) is 13.8 Å². The summed E-state index contributed by atoms with van der Waals surface area (Å²) in [5.41, 5.74) is -0.391. The van der Waals surface area contributed by atoms with Crippen molar-refractivity contribution in [1.29, 1.82) is 5.26 Å². The van der Waals surface area contributed by atoms with E-state index in [1.54, 1.807) is 25.1 Å². The number of methoxy groups -OCH3 is 2. The van der Waals surface area contributed by atoms with Crippen LogP contribution in [0.4, 0.5) is 0 Å². The number of ether oxygens (including phenoxy) is 3. The number of nitrogens with one attached hydrogen (secondary N) is 1. The molecule has 0 aliphatic carbocycles. The van der Waals surface area contributed by atoms with Crippen LogP contribution in [-0.4, -0.2) is 38.2 Å². The molecule has 7 nitrogen and oxygen atoms in total. The highest BCUT2D eigenvalue weighted by Gasteiger charge is 2.30. The van der Waals surface area contributed by atoms with Crippen molar-refractivity contribution in [3.8, 4) is 17.6 Å². The number of nitrogens with zero attached hydrogens (tertiary/aromatic N) is 1. The van der Waals surface area contributed by atoms with Gasteiger partial charge in [0.25, 0.3) is 5.91 Å². The molecule has 0 saturated carbocycles. The fraction of sp³-hybridized carbons (Fsp3) is 0.421. The van der Waals surface area contributed by atoms with Crippen molar-refractivity contribution >= 4 is 18.0 Å². The monoisotopic (exact) mass is 360 g/mol. The molecule has 0 saturated heterocycles. The van der Waals surface area contributed by atoms with E-state index in [2.05, 4.69) is 11.4 Å². The Morgan fingerprint density at radius 2 is 2.00 bits per heavy atom. The molecule has 1 rings (SSSR count). The minimum atomic E-state index is -1.02. The average molecular weight is 360 g/mol. The number of benzene rings is 1. The number of hydrogen-bond acceptors (Lipinski definition) is 6. The van der Waals surface area contributed by atoms with E-state index in [1.807, 2.05) is 13.8 Å². The SMILES string of the molecule is COc1ccc(OC)c(/C=C/C(=O)OCC(=O)N[C@@](C)(C#N)C(C)C)c1. The zero-order chi connectivity index (χ0) is 19.7. The van der Waals surface area contributed by atoms with Gasteiger partial charge in [-0.15, -0.1) is 0 Å². The van der Waals surface area contributed by atoms with Crippen LogP contribution in [0.1, 0.15) is 26.3 Å². The Morgan fingerprint density at radius 3 is 2.54 bits per heavy atom. The maximum atomic E-state index is 11.9. The predicted octanol–water partition coefficient (Wildman–Crippen LogP) is 2.31. The van der Waals surface area contributed by atoms with Gasteiger partial charge in [-0.05, 0) is 37.1 Å². The molecule has 1 atom stereocenters. The Labute approximate surface area is 153 Å². The molecule has 0 heterocycles. The minimum Gasteiger partial charge on any atom is -0.497 e. The molecular weight excluding hydrogens is 336 g/mol. The van der Waals surface area contributed by atoms with E-state index >= 15 is 0 Å². The van der Waals surface area contributed by atoms with Crippen molar-refractivity contribution in [3.05, 3.63) is 29.8 Å². The zero-order valence-electron chi connectivity index (χ0n) is 15.7. The van der Waals surface area contributed by atoms with Crippen LogP contribution in [0.15, 0.2) is 24.3 Å². The lowest BCUT2D eigenvalue weighted by molar-refractivity contribution is -0.144. The smallest absolute Gasteiger partial charge is 0.331 e. The van der Waals surface area contributed by atoms with E-state index in [1.165, 1.54) is 26.4 Å². The number of carbonyl (C=O) groups is 2. The van der Waals surface area contributed by atoms with Crippen LogP contribution in [0.2, 0.25) is 0 Å². The van der Waals surface area contributed by atoms with E-state index in [0.717, 1.165) is 0 Å². The summed E-state index contributed by atoms with van der Waals surface area (Å²) in [6, 6.07) is 7.21. The molecule has 0 aliphatic heterocycles. The maximum absolute atomic E-state index is 11.9. The Balaban J connectivity index is 2.66. The topological polar surface area (TPSA) is 97.7 Å². The fourth-order valence-electron chi connectivity index (χ4n) is 1.94. The molecule has 26 heavy (non-hydrogen) atoms. The molecular formula is C19H24N2O5. The van der Waals surface area contributed by atoms with Crippen molar-refractivity contribution in [2.45, 2.75) is 26.3 Å². The van der Waals surface area contributed by atoms with Gasteiger partial charge in [0, 0.05) is 11.6 Å². The Kier molecular flexibility index (Phi) is 7.66. The summed E-state index contributed by atoms with van der Waals surface area (Å²) < 4.78 is 15.2. The van der Waals surface area contributed by atoms with Crippen LogP contribution < -0.4 is 14.8 Å². The molecule has 0 spiro atoms. The highest BCUT2D eigenvalue weighted by atomic mass is 16.5. The number of nitriles is 1. The molecule has 1 aromatic rings. The molecule has 1 N–H and O–H groups in total. The van der Waals surface area contributed by atoms with Crippen LogP contribution in [0.25, 0.3) is 6.08 Å². The molecule has 1 aromatic carbocycles. The lowest BCUT2D eigenvalue weighted by Gasteiger charge is -2.27. The summed E-state index contributed by atoms with van der Waals surface area (Å²) in [6.07, 6.45) is 2.70. The second kappa shape index (κ2) is 9.47. The first-order chi connectivity index (χ1) is 12.3.